The van der Waals surface area contributed by atoms with Crippen molar-refractivity contribution >= 4 is 17.3 Å². The number of carbonyl (C=O) groups excluding carboxylic acids is 1. The SMILES string of the molecule is CCN(CC(=O)N(C)C)c1ccccc1N. The summed E-state index contributed by atoms with van der Waals surface area (Å²) in [6.07, 6.45) is 0. The van der Waals surface area contributed by atoms with Gasteiger partial charge in [0.1, 0.15) is 0 Å². The first kappa shape index (κ1) is 12.4. The van der Waals surface area contributed by atoms with Crippen LogP contribution in [-0.4, -0.2) is 38.0 Å². The zero-order valence-corrected chi connectivity index (χ0v) is 10.1. The van der Waals surface area contributed by atoms with Gasteiger partial charge < -0.3 is 15.5 Å². The van der Waals surface area contributed by atoms with Crippen LogP contribution in [0.5, 0.6) is 0 Å². The van der Waals surface area contributed by atoms with E-state index in [1.807, 2.05) is 36.1 Å². The molecule has 1 aromatic rings. The van der Waals surface area contributed by atoms with Crippen LogP contribution in [0.2, 0.25) is 0 Å². The molecule has 2 N–H and O–H groups in total. The van der Waals surface area contributed by atoms with Gasteiger partial charge in [-0.05, 0) is 19.1 Å². The summed E-state index contributed by atoms with van der Waals surface area (Å²) < 4.78 is 0. The molecule has 1 rings (SSSR count). The van der Waals surface area contributed by atoms with Crippen molar-refractivity contribution in [2.75, 3.05) is 37.8 Å². The van der Waals surface area contributed by atoms with E-state index in [0.29, 0.717) is 12.2 Å². The number of nitrogens with zero attached hydrogens (tertiary/aromatic N) is 2. The Morgan fingerprint density at radius 1 is 1.31 bits per heavy atom. The third kappa shape index (κ3) is 2.89. The molecule has 0 saturated carbocycles. The van der Waals surface area contributed by atoms with Crippen LogP contribution in [0.1, 0.15) is 6.92 Å². The number of amides is 1. The summed E-state index contributed by atoms with van der Waals surface area (Å²) in [5.74, 6) is 0.0742. The van der Waals surface area contributed by atoms with E-state index in [2.05, 4.69) is 0 Å². The number of benzene rings is 1. The van der Waals surface area contributed by atoms with E-state index in [-0.39, 0.29) is 5.91 Å². The van der Waals surface area contributed by atoms with Gasteiger partial charge in [-0.3, -0.25) is 4.79 Å². The molecule has 0 aliphatic rings. The molecule has 4 nitrogen and oxygen atoms in total. The van der Waals surface area contributed by atoms with Gasteiger partial charge in [0.25, 0.3) is 0 Å². The van der Waals surface area contributed by atoms with E-state index in [1.54, 1.807) is 19.0 Å². The number of hydrogen-bond donors (Lipinski definition) is 1. The van der Waals surface area contributed by atoms with Crippen LogP contribution in [0.4, 0.5) is 11.4 Å². The molecule has 1 amide bonds. The Labute approximate surface area is 96.6 Å². The lowest BCUT2D eigenvalue weighted by Crippen LogP contribution is -2.36. The van der Waals surface area contributed by atoms with E-state index in [0.717, 1.165) is 12.2 Å². The standard InChI is InChI=1S/C12H19N3O/c1-4-15(9-12(16)14(2)3)11-8-6-5-7-10(11)13/h5-8H,4,9,13H2,1-3H3. The molecule has 0 atom stereocenters. The third-order valence-corrected chi connectivity index (χ3v) is 2.48. The summed E-state index contributed by atoms with van der Waals surface area (Å²) in [4.78, 5) is 15.2. The average Bonchev–Trinajstić information content (AvgIpc) is 2.26. The Hall–Kier alpha value is -1.71. The fourth-order valence-electron chi connectivity index (χ4n) is 1.45. The van der Waals surface area contributed by atoms with Crippen LogP contribution in [0.25, 0.3) is 0 Å². The Kier molecular flexibility index (Phi) is 4.17. The number of hydrogen-bond acceptors (Lipinski definition) is 3. The lowest BCUT2D eigenvalue weighted by molar-refractivity contribution is -0.127. The normalized spacial score (nSPS) is 9.94. The second kappa shape index (κ2) is 5.39. The minimum atomic E-state index is 0.0742. The topological polar surface area (TPSA) is 49.6 Å². The average molecular weight is 221 g/mol. The van der Waals surface area contributed by atoms with Crippen molar-refractivity contribution < 1.29 is 4.79 Å². The van der Waals surface area contributed by atoms with Gasteiger partial charge in [-0.1, -0.05) is 12.1 Å². The molecule has 0 bridgehead atoms. The molecule has 0 fully saturated rings. The smallest absolute Gasteiger partial charge is 0.241 e. The summed E-state index contributed by atoms with van der Waals surface area (Å²) in [6, 6.07) is 7.59. The first-order valence-corrected chi connectivity index (χ1v) is 5.35. The monoisotopic (exact) mass is 221 g/mol. The van der Waals surface area contributed by atoms with Crippen molar-refractivity contribution in [3.8, 4) is 0 Å². The maximum absolute atomic E-state index is 11.6. The molecule has 0 radical (unpaired) electrons. The highest BCUT2D eigenvalue weighted by Crippen LogP contribution is 2.21. The molecular weight excluding hydrogens is 202 g/mol. The molecule has 1 aromatic carbocycles. The number of nitrogen functional groups attached to an aromatic ring is 1. The number of likely N-dealkylation sites (N-methyl/N-ethyl adjacent to an activating group) is 2. The Morgan fingerprint density at radius 3 is 2.44 bits per heavy atom. The molecule has 4 heteroatoms. The van der Waals surface area contributed by atoms with Crippen molar-refractivity contribution in [3.63, 3.8) is 0 Å². The second-order valence-corrected chi connectivity index (χ2v) is 3.86. The zero-order valence-electron chi connectivity index (χ0n) is 10.1. The number of nitrogens with two attached hydrogens (primary N) is 1. The molecule has 0 heterocycles. The Bertz CT molecular complexity index is 363. The lowest BCUT2D eigenvalue weighted by atomic mass is 10.2. The summed E-state index contributed by atoms with van der Waals surface area (Å²) in [5, 5.41) is 0. The first-order valence-electron chi connectivity index (χ1n) is 5.35. The van der Waals surface area contributed by atoms with Crippen molar-refractivity contribution in [1.29, 1.82) is 0 Å². The van der Waals surface area contributed by atoms with Crippen molar-refractivity contribution in [2.45, 2.75) is 6.92 Å². The minimum absolute atomic E-state index is 0.0742. The highest BCUT2D eigenvalue weighted by Gasteiger charge is 2.12. The molecule has 0 unspecified atom stereocenters. The van der Waals surface area contributed by atoms with Crippen LogP contribution in [-0.2, 0) is 4.79 Å². The molecule has 16 heavy (non-hydrogen) atoms. The molecule has 0 spiro atoms. The maximum Gasteiger partial charge on any atom is 0.241 e. The van der Waals surface area contributed by atoms with Crippen molar-refractivity contribution in [2.24, 2.45) is 0 Å². The molecule has 0 aliphatic carbocycles. The van der Waals surface area contributed by atoms with Crippen LogP contribution in [0.15, 0.2) is 24.3 Å². The summed E-state index contributed by atoms with van der Waals surface area (Å²) >= 11 is 0. The highest BCUT2D eigenvalue weighted by molar-refractivity contribution is 5.82. The molecule has 0 aromatic heterocycles. The van der Waals surface area contributed by atoms with Crippen molar-refractivity contribution in [1.82, 2.24) is 4.90 Å². The number of carbonyl (C=O) groups is 1. The summed E-state index contributed by atoms with van der Waals surface area (Å²) in [5.41, 5.74) is 7.50. The lowest BCUT2D eigenvalue weighted by Gasteiger charge is -2.25. The predicted molar refractivity (Wildman–Crippen MR) is 67.4 cm³/mol. The first-order chi connectivity index (χ1) is 7.56. The van der Waals surface area contributed by atoms with Gasteiger partial charge in [0.05, 0.1) is 17.9 Å². The minimum Gasteiger partial charge on any atom is -0.397 e. The third-order valence-electron chi connectivity index (χ3n) is 2.48. The summed E-state index contributed by atoms with van der Waals surface area (Å²) in [7, 11) is 3.51. The molecule has 0 aliphatic heterocycles. The van der Waals surface area contributed by atoms with Crippen LogP contribution in [0, 0.1) is 0 Å². The summed E-state index contributed by atoms with van der Waals surface area (Å²) in [6.45, 7) is 3.13. The van der Waals surface area contributed by atoms with Gasteiger partial charge in [0.2, 0.25) is 5.91 Å². The quantitative estimate of drug-likeness (QED) is 0.777. The Morgan fingerprint density at radius 2 is 1.94 bits per heavy atom. The largest absolute Gasteiger partial charge is 0.397 e. The van der Waals surface area contributed by atoms with Crippen molar-refractivity contribution in [3.05, 3.63) is 24.3 Å². The second-order valence-electron chi connectivity index (χ2n) is 3.86. The van der Waals surface area contributed by atoms with E-state index in [4.69, 9.17) is 5.73 Å². The van der Waals surface area contributed by atoms with Gasteiger partial charge in [-0.25, -0.2) is 0 Å². The van der Waals surface area contributed by atoms with E-state index in [1.165, 1.54) is 0 Å². The number of rotatable bonds is 4. The van der Waals surface area contributed by atoms with Gasteiger partial charge in [0, 0.05) is 20.6 Å². The van der Waals surface area contributed by atoms with Gasteiger partial charge in [0.15, 0.2) is 0 Å². The maximum atomic E-state index is 11.6. The molecule has 0 saturated heterocycles. The zero-order chi connectivity index (χ0) is 12.1. The fraction of sp³-hybridized carbons (Fsp3) is 0.417. The van der Waals surface area contributed by atoms with Crippen LogP contribution >= 0.6 is 0 Å². The predicted octanol–water partition coefficient (Wildman–Crippen LogP) is 1.18. The fourth-order valence-corrected chi connectivity index (χ4v) is 1.45. The number of para-hydroxylation sites is 2. The Balaban J connectivity index is 2.83. The highest BCUT2D eigenvalue weighted by atomic mass is 16.2. The number of anilines is 2. The van der Waals surface area contributed by atoms with Crippen LogP contribution < -0.4 is 10.6 Å². The van der Waals surface area contributed by atoms with E-state index >= 15 is 0 Å². The van der Waals surface area contributed by atoms with Gasteiger partial charge in [-0.2, -0.15) is 0 Å². The van der Waals surface area contributed by atoms with E-state index in [9.17, 15) is 4.79 Å². The molecule has 88 valence electrons. The molecular formula is C12H19N3O. The van der Waals surface area contributed by atoms with Gasteiger partial charge >= 0.3 is 0 Å². The van der Waals surface area contributed by atoms with E-state index < -0.39 is 0 Å². The van der Waals surface area contributed by atoms with Gasteiger partial charge in [-0.15, -0.1) is 0 Å². The van der Waals surface area contributed by atoms with Crippen LogP contribution in [0.3, 0.4) is 0 Å².